The molecule has 0 amide bonds. The molecule has 19 heavy (non-hydrogen) atoms. The van der Waals surface area contributed by atoms with Crippen molar-refractivity contribution in [3.8, 4) is 0 Å². The van der Waals surface area contributed by atoms with Gasteiger partial charge in [-0.05, 0) is 77.4 Å². The van der Waals surface area contributed by atoms with E-state index in [0.717, 1.165) is 31.2 Å². The summed E-state index contributed by atoms with van der Waals surface area (Å²) in [4.78, 5) is 13.6. The molecule has 1 rings (SSSR count). The van der Waals surface area contributed by atoms with Crippen LogP contribution in [0.2, 0.25) is 0 Å². The number of rotatable bonds is 6. The van der Waals surface area contributed by atoms with Gasteiger partial charge in [-0.15, -0.1) is 0 Å². The molecule has 0 aliphatic carbocycles. The predicted molar refractivity (Wildman–Crippen MR) is 79.3 cm³/mol. The molecule has 0 radical (unpaired) electrons. The largest absolute Gasteiger partial charge is 0.481 e. The summed E-state index contributed by atoms with van der Waals surface area (Å²) in [7, 11) is 0. The van der Waals surface area contributed by atoms with Crippen LogP contribution in [0.25, 0.3) is 0 Å². The molecule has 1 unspecified atom stereocenters. The maximum absolute atomic E-state index is 11.1. The average Bonchev–Trinajstić information content (AvgIpc) is 2.54. The monoisotopic (exact) mass is 269 g/mol. The number of carboxylic acids is 1. The number of aliphatic carboxylic acids is 1. The highest BCUT2D eigenvalue weighted by Gasteiger charge is 2.27. The fraction of sp³-hybridized carbons (Fsp3) is 0.938. The van der Waals surface area contributed by atoms with E-state index in [9.17, 15) is 4.79 Å². The second kappa shape index (κ2) is 7.28. The Hall–Kier alpha value is -0.570. The standard InChI is InChI=1S/C16H31NO2/c1-13(2)14-7-5-10-17(12-8-14)11-6-9-16(3,4)15(18)19/h13-14H,5-12H2,1-4H3,(H,18,19). The van der Waals surface area contributed by atoms with Crippen LogP contribution >= 0.6 is 0 Å². The average molecular weight is 269 g/mol. The SMILES string of the molecule is CC(C)C1CCCN(CCCC(C)(C)C(=O)O)CC1. The molecule has 1 saturated heterocycles. The van der Waals surface area contributed by atoms with E-state index in [1.54, 1.807) is 0 Å². The summed E-state index contributed by atoms with van der Waals surface area (Å²) in [5.41, 5.74) is -0.577. The van der Waals surface area contributed by atoms with Gasteiger partial charge in [0.05, 0.1) is 5.41 Å². The lowest BCUT2D eigenvalue weighted by Gasteiger charge is -2.24. The number of carbonyl (C=O) groups is 1. The molecular formula is C16H31NO2. The summed E-state index contributed by atoms with van der Waals surface area (Å²) in [6, 6.07) is 0. The van der Waals surface area contributed by atoms with Gasteiger partial charge in [-0.3, -0.25) is 4.79 Å². The highest BCUT2D eigenvalue weighted by molar-refractivity contribution is 5.73. The van der Waals surface area contributed by atoms with Gasteiger partial charge in [0, 0.05) is 0 Å². The molecule has 1 N–H and O–H groups in total. The molecule has 112 valence electrons. The van der Waals surface area contributed by atoms with E-state index in [4.69, 9.17) is 5.11 Å². The van der Waals surface area contributed by atoms with Crippen LogP contribution in [0.1, 0.15) is 59.8 Å². The Labute approximate surface area is 118 Å². The zero-order valence-electron chi connectivity index (χ0n) is 13.1. The van der Waals surface area contributed by atoms with Gasteiger partial charge in [0.1, 0.15) is 0 Å². The molecule has 1 fully saturated rings. The van der Waals surface area contributed by atoms with Crippen LogP contribution in [0.15, 0.2) is 0 Å². The van der Waals surface area contributed by atoms with Gasteiger partial charge < -0.3 is 10.0 Å². The van der Waals surface area contributed by atoms with Crippen molar-refractivity contribution in [2.24, 2.45) is 17.3 Å². The van der Waals surface area contributed by atoms with Crippen LogP contribution in [-0.2, 0) is 4.79 Å². The molecule has 1 aliphatic heterocycles. The third kappa shape index (κ3) is 5.52. The lowest BCUT2D eigenvalue weighted by atomic mass is 9.88. The topological polar surface area (TPSA) is 40.5 Å². The van der Waals surface area contributed by atoms with E-state index < -0.39 is 11.4 Å². The molecule has 1 atom stereocenters. The molecule has 0 spiro atoms. The van der Waals surface area contributed by atoms with Crippen molar-refractivity contribution in [3.05, 3.63) is 0 Å². The fourth-order valence-corrected chi connectivity index (χ4v) is 2.92. The molecule has 0 aromatic heterocycles. The first kappa shape index (κ1) is 16.5. The van der Waals surface area contributed by atoms with Crippen molar-refractivity contribution >= 4 is 5.97 Å². The number of hydrogen-bond acceptors (Lipinski definition) is 2. The molecule has 3 heteroatoms. The Balaban J connectivity index is 2.29. The third-order valence-corrected chi connectivity index (χ3v) is 4.66. The summed E-state index contributed by atoms with van der Waals surface area (Å²) in [5.74, 6) is 0.995. The highest BCUT2D eigenvalue weighted by Crippen LogP contribution is 2.26. The third-order valence-electron chi connectivity index (χ3n) is 4.66. The van der Waals surface area contributed by atoms with Crippen molar-refractivity contribution in [1.82, 2.24) is 4.90 Å². The minimum atomic E-state index is -0.678. The fourth-order valence-electron chi connectivity index (χ4n) is 2.92. The van der Waals surface area contributed by atoms with Gasteiger partial charge >= 0.3 is 5.97 Å². The van der Waals surface area contributed by atoms with Crippen LogP contribution in [-0.4, -0.2) is 35.6 Å². The van der Waals surface area contributed by atoms with Crippen molar-refractivity contribution in [3.63, 3.8) is 0 Å². The first-order valence-corrected chi connectivity index (χ1v) is 7.78. The van der Waals surface area contributed by atoms with Gasteiger partial charge in [-0.1, -0.05) is 13.8 Å². The summed E-state index contributed by atoms with van der Waals surface area (Å²) in [6.07, 6.45) is 5.72. The summed E-state index contributed by atoms with van der Waals surface area (Å²) >= 11 is 0. The van der Waals surface area contributed by atoms with Gasteiger partial charge in [-0.2, -0.15) is 0 Å². The van der Waals surface area contributed by atoms with Gasteiger partial charge in [-0.25, -0.2) is 0 Å². The van der Waals surface area contributed by atoms with Gasteiger partial charge in [0.25, 0.3) is 0 Å². The van der Waals surface area contributed by atoms with Gasteiger partial charge in [0.15, 0.2) is 0 Å². The summed E-state index contributed by atoms with van der Waals surface area (Å²) in [5, 5.41) is 9.11. The maximum Gasteiger partial charge on any atom is 0.309 e. The normalized spacial score (nSPS) is 22.5. The summed E-state index contributed by atoms with van der Waals surface area (Å²) in [6.45, 7) is 11.7. The molecule has 3 nitrogen and oxygen atoms in total. The first-order valence-electron chi connectivity index (χ1n) is 7.78. The Morgan fingerprint density at radius 3 is 2.58 bits per heavy atom. The zero-order chi connectivity index (χ0) is 14.5. The quantitative estimate of drug-likeness (QED) is 0.800. The summed E-state index contributed by atoms with van der Waals surface area (Å²) < 4.78 is 0. The molecule has 0 saturated carbocycles. The lowest BCUT2D eigenvalue weighted by Crippen LogP contribution is -2.29. The number of likely N-dealkylation sites (tertiary alicyclic amines) is 1. The van der Waals surface area contributed by atoms with Crippen molar-refractivity contribution in [1.29, 1.82) is 0 Å². The Morgan fingerprint density at radius 1 is 1.32 bits per heavy atom. The predicted octanol–water partition coefficient (Wildman–Crippen LogP) is 3.64. The number of hydrogen-bond donors (Lipinski definition) is 1. The second-order valence-electron chi connectivity index (χ2n) is 7.07. The molecule has 0 bridgehead atoms. The molecule has 0 aromatic carbocycles. The smallest absolute Gasteiger partial charge is 0.309 e. The maximum atomic E-state index is 11.1. The Morgan fingerprint density at radius 2 is 2.00 bits per heavy atom. The van der Waals surface area contributed by atoms with Gasteiger partial charge in [0.2, 0.25) is 0 Å². The highest BCUT2D eigenvalue weighted by atomic mass is 16.4. The Bertz CT molecular complexity index is 286. The minimum Gasteiger partial charge on any atom is -0.481 e. The van der Waals surface area contributed by atoms with Crippen LogP contribution in [0.3, 0.4) is 0 Å². The van der Waals surface area contributed by atoms with Crippen LogP contribution in [0.5, 0.6) is 0 Å². The van der Waals surface area contributed by atoms with E-state index in [0.29, 0.717) is 0 Å². The number of nitrogens with zero attached hydrogens (tertiary/aromatic N) is 1. The van der Waals surface area contributed by atoms with E-state index >= 15 is 0 Å². The van der Waals surface area contributed by atoms with Crippen LogP contribution in [0.4, 0.5) is 0 Å². The van der Waals surface area contributed by atoms with E-state index in [-0.39, 0.29) is 0 Å². The Kier molecular flexibility index (Phi) is 6.31. The van der Waals surface area contributed by atoms with E-state index in [1.165, 1.54) is 32.4 Å². The molecular weight excluding hydrogens is 238 g/mol. The first-order chi connectivity index (χ1) is 8.83. The van der Waals surface area contributed by atoms with Crippen LogP contribution in [0, 0.1) is 17.3 Å². The lowest BCUT2D eigenvalue weighted by molar-refractivity contribution is -0.147. The number of carboxylic acid groups (broad SMARTS) is 1. The van der Waals surface area contributed by atoms with Crippen molar-refractivity contribution in [2.45, 2.75) is 59.8 Å². The van der Waals surface area contributed by atoms with E-state index in [1.807, 2.05) is 13.8 Å². The minimum absolute atomic E-state index is 0.577. The van der Waals surface area contributed by atoms with Crippen LogP contribution < -0.4 is 0 Å². The molecule has 0 aromatic rings. The molecule has 1 heterocycles. The second-order valence-corrected chi connectivity index (χ2v) is 7.07. The van der Waals surface area contributed by atoms with E-state index in [2.05, 4.69) is 18.7 Å². The van der Waals surface area contributed by atoms with Crippen molar-refractivity contribution in [2.75, 3.05) is 19.6 Å². The molecule has 1 aliphatic rings. The zero-order valence-corrected chi connectivity index (χ0v) is 13.1. The van der Waals surface area contributed by atoms with Crippen molar-refractivity contribution < 1.29 is 9.90 Å².